The van der Waals surface area contributed by atoms with Crippen LogP contribution in [-0.2, 0) is 19.7 Å². The van der Waals surface area contributed by atoms with Crippen molar-refractivity contribution in [3.05, 3.63) is 18.2 Å². The number of para-hydroxylation sites is 1. The molecule has 0 heterocycles. The molecule has 0 radical (unpaired) electrons. The van der Waals surface area contributed by atoms with Crippen LogP contribution in [-0.4, -0.2) is 41.1 Å². The first kappa shape index (κ1) is 15.8. The number of rotatable bonds is 6. The predicted molar refractivity (Wildman–Crippen MR) is 76.8 cm³/mol. The fraction of sp³-hybridized carbons (Fsp3) is 0.455. The van der Waals surface area contributed by atoms with Gasteiger partial charge in [-0.2, -0.15) is 0 Å². The summed E-state index contributed by atoms with van der Waals surface area (Å²) in [5.41, 5.74) is 6.30. The number of nitrogen functional groups attached to an aromatic ring is 1. The molecular weight excluding hydrogens is 288 g/mol. The Bertz CT molecular complexity index is 651. The van der Waals surface area contributed by atoms with Crippen molar-refractivity contribution in [1.82, 2.24) is 0 Å². The van der Waals surface area contributed by atoms with E-state index in [0.717, 1.165) is 6.26 Å². The summed E-state index contributed by atoms with van der Waals surface area (Å²) in [7, 11) is -6.46. The van der Waals surface area contributed by atoms with Crippen LogP contribution >= 0.6 is 0 Å². The summed E-state index contributed by atoms with van der Waals surface area (Å²) in [5.74, 6) is 0.0551. The fourth-order valence-corrected chi connectivity index (χ4v) is 3.04. The largest absolute Gasteiger partial charge is 0.396 e. The van der Waals surface area contributed by atoms with Gasteiger partial charge in [-0.15, -0.1) is 0 Å². The first-order valence-corrected chi connectivity index (χ1v) is 9.41. The highest BCUT2D eigenvalue weighted by Crippen LogP contribution is 2.26. The van der Waals surface area contributed by atoms with Crippen LogP contribution in [0.1, 0.15) is 6.92 Å². The van der Waals surface area contributed by atoms with Crippen molar-refractivity contribution in [3.8, 4) is 0 Å². The lowest BCUT2D eigenvalue weighted by Gasteiger charge is -2.11. The van der Waals surface area contributed by atoms with Gasteiger partial charge in [0.2, 0.25) is 0 Å². The van der Waals surface area contributed by atoms with E-state index in [1.165, 1.54) is 6.07 Å². The Hall–Kier alpha value is -1.28. The zero-order chi connectivity index (χ0) is 14.7. The van der Waals surface area contributed by atoms with Crippen LogP contribution in [0.25, 0.3) is 0 Å². The molecular formula is C11H18N2O4S2. The maximum atomic E-state index is 11.5. The van der Waals surface area contributed by atoms with Crippen molar-refractivity contribution in [2.24, 2.45) is 0 Å². The van der Waals surface area contributed by atoms with Gasteiger partial charge in [-0.25, -0.2) is 16.8 Å². The van der Waals surface area contributed by atoms with E-state index in [-0.39, 0.29) is 28.6 Å². The molecule has 108 valence electrons. The van der Waals surface area contributed by atoms with Crippen molar-refractivity contribution in [3.63, 3.8) is 0 Å². The lowest BCUT2D eigenvalue weighted by Crippen LogP contribution is -2.18. The first-order chi connectivity index (χ1) is 8.67. The first-order valence-electron chi connectivity index (χ1n) is 5.70. The molecule has 8 heteroatoms. The molecule has 19 heavy (non-hydrogen) atoms. The van der Waals surface area contributed by atoms with Crippen molar-refractivity contribution in [1.29, 1.82) is 0 Å². The topological polar surface area (TPSA) is 106 Å². The number of nitrogens with one attached hydrogen (secondary N) is 1. The third kappa shape index (κ3) is 4.39. The summed E-state index contributed by atoms with van der Waals surface area (Å²) >= 11 is 0. The maximum absolute atomic E-state index is 11.5. The Morgan fingerprint density at radius 1 is 1.21 bits per heavy atom. The average molecular weight is 306 g/mol. The molecule has 0 bridgehead atoms. The Kier molecular flexibility index (Phi) is 4.81. The fourth-order valence-electron chi connectivity index (χ4n) is 1.51. The minimum absolute atomic E-state index is 0.0218. The molecule has 0 saturated carbocycles. The molecule has 6 nitrogen and oxygen atoms in total. The van der Waals surface area contributed by atoms with E-state index in [1.54, 1.807) is 19.1 Å². The second-order valence-corrected chi connectivity index (χ2v) is 8.61. The number of hydrogen-bond acceptors (Lipinski definition) is 6. The van der Waals surface area contributed by atoms with Gasteiger partial charge in [-0.3, -0.25) is 0 Å². The second-order valence-electron chi connectivity index (χ2n) is 4.15. The lowest BCUT2D eigenvalue weighted by molar-refractivity contribution is 0.597. The summed E-state index contributed by atoms with van der Waals surface area (Å²) in [6.07, 6.45) is 1.07. The highest BCUT2D eigenvalue weighted by atomic mass is 32.2. The van der Waals surface area contributed by atoms with Crippen LogP contribution < -0.4 is 11.1 Å². The van der Waals surface area contributed by atoms with E-state index in [2.05, 4.69) is 5.32 Å². The molecule has 1 rings (SSSR count). The number of nitrogens with two attached hydrogens (primary N) is 1. The molecule has 1 aromatic rings. The van der Waals surface area contributed by atoms with Gasteiger partial charge in [0, 0.05) is 18.6 Å². The second kappa shape index (κ2) is 5.79. The van der Waals surface area contributed by atoms with Crippen molar-refractivity contribution in [2.45, 2.75) is 11.8 Å². The van der Waals surface area contributed by atoms with E-state index < -0.39 is 19.7 Å². The summed E-state index contributed by atoms with van der Waals surface area (Å²) in [6.45, 7) is 1.77. The summed E-state index contributed by atoms with van der Waals surface area (Å²) in [4.78, 5) is 0.0378. The van der Waals surface area contributed by atoms with Gasteiger partial charge in [0.15, 0.2) is 19.7 Å². The van der Waals surface area contributed by atoms with E-state index in [0.29, 0.717) is 5.69 Å². The third-order valence-electron chi connectivity index (χ3n) is 2.63. The summed E-state index contributed by atoms with van der Waals surface area (Å²) in [5, 5.41) is 2.85. The molecule has 0 atom stereocenters. The molecule has 1 aromatic carbocycles. The Morgan fingerprint density at radius 2 is 1.84 bits per heavy atom. The molecule has 0 fully saturated rings. The van der Waals surface area contributed by atoms with Crippen LogP contribution in [0.3, 0.4) is 0 Å². The smallest absolute Gasteiger partial charge is 0.177 e. The molecule has 0 aliphatic rings. The number of hydrogen-bond donors (Lipinski definition) is 2. The van der Waals surface area contributed by atoms with Crippen LogP contribution in [0.5, 0.6) is 0 Å². The molecule has 0 amide bonds. The van der Waals surface area contributed by atoms with Crippen LogP contribution in [0.4, 0.5) is 11.4 Å². The summed E-state index contributed by atoms with van der Waals surface area (Å²) < 4.78 is 45.6. The van der Waals surface area contributed by atoms with Gasteiger partial charge in [-0.05, 0) is 12.1 Å². The van der Waals surface area contributed by atoms with E-state index in [4.69, 9.17) is 5.73 Å². The Balaban J connectivity index is 2.87. The monoisotopic (exact) mass is 306 g/mol. The predicted octanol–water partition coefficient (Wildman–Crippen LogP) is 0.519. The lowest BCUT2D eigenvalue weighted by atomic mass is 10.2. The van der Waals surface area contributed by atoms with E-state index in [9.17, 15) is 16.8 Å². The SMILES string of the molecule is CCS(=O)(=O)CCNc1cccc(S(C)(=O)=O)c1N. The summed E-state index contributed by atoms with van der Waals surface area (Å²) in [6, 6.07) is 4.59. The molecule has 0 saturated heterocycles. The molecule has 0 aliphatic heterocycles. The maximum Gasteiger partial charge on any atom is 0.177 e. The number of sulfone groups is 2. The normalized spacial score (nSPS) is 12.3. The van der Waals surface area contributed by atoms with E-state index in [1.807, 2.05) is 0 Å². The average Bonchev–Trinajstić information content (AvgIpc) is 2.29. The number of anilines is 2. The van der Waals surface area contributed by atoms with Gasteiger partial charge in [0.1, 0.15) is 0 Å². The van der Waals surface area contributed by atoms with Crippen LogP contribution in [0.2, 0.25) is 0 Å². The Labute approximate surface area is 113 Å². The molecule has 0 aromatic heterocycles. The Morgan fingerprint density at radius 3 is 2.37 bits per heavy atom. The molecule has 0 aliphatic carbocycles. The van der Waals surface area contributed by atoms with Crippen molar-refractivity contribution >= 4 is 31.0 Å². The van der Waals surface area contributed by atoms with Gasteiger partial charge in [0.25, 0.3) is 0 Å². The highest BCUT2D eigenvalue weighted by Gasteiger charge is 2.14. The van der Waals surface area contributed by atoms with Gasteiger partial charge < -0.3 is 11.1 Å². The van der Waals surface area contributed by atoms with Crippen LogP contribution in [0.15, 0.2) is 23.1 Å². The van der Waals surface area contributed by atoms with Crippen molar-refractivity contribution in [2.75, 3.05) is 35.4 Å². The van der Waals surface area contributed by atoms with Gasteiger partial charge in [-0.1, -0.05) is 13.0 Å². The molecule has 0 spiro atoms. The standard InChI is InChI=1S/C11H18N2O4S2/c1-3-19(16,17)8-7-13-9-5-4-6-10(11(9)12)18(2,14)15/h4-6,13H,3,7-8,12H2,1-2H3. The molecule has 0 unspecified atom stereocenters. The zero-order valence-electron chi connectivity index (χ0n) is 10.9. The molecule has 3 N–H and O–H groups in total. The minimum atomic E-state index is -3.40. The van der Waals surface area contributed by atoms with Gasteiger partial charge >= 0.3 is 0 Å². The highest BCUT2D eigenvalue weighted by molar-refractivity contribution is 7.91. The zero-order valence-corrected chi connectivity index (χ0v) is 12.5. The van der Waals surface area contributed by atoms with Crippen molar-refractivity contribution < 1.29 is 16.8 Å². The quantitative estimate of drug-likeness (QED) is 0.742. The van der Waals surface area contributed by atoms with Crippen LogP contribution in [0, 0.1) is 0 Å². The number of benzene rings is 1. The van der Waals surface area contributed by atoms with Gasteiger partial charge in [0.05, 0.1) is 22.0 Å². The van der Waals surface area contributed by atoms with E-state index >= 15 is 0 Å². The minimum Gasteiger partial charge on any atom is -0.396 e. The third-order valence-corrected chi connectivity index (χ3v) is 5.49.